The molecule has 2 unspecified atom stereocenters. The molecule has 1 fully saturated rings. The quantitative estimate of drug-likeness (QED) is 0.704. The van der Waals surface area contributed by atoms with Crippen LogP contribution in [0.5, 0.6) is 0 Å². The molecule has 24 heavy (non-hydrogen) atoms. The molecule has 0 spiro atoms. The van der Waals surface area contributed by atoms with Gasteiger partial charge in [-0.2, -0.15) is 0 Å². The van der Waals surface area contributed by atoms with Crippen molar-refractivity contribution in [1.29, 1.82) is 0 Å². The second-order valence-electron chi connectivity index (χ2n) is 6.77. The number of hydrogen-bond acceptors (Lipinski definition) is 4. The van der Waals surface area contributed by atoms with Crippen molar-refractivity contribution in [1.82, 2.24) is 10.3 Å². The third-order valence-electron chi connectivity index (χ3n) is 4.55. The molecule has 2 N–H and O–H groups in total. The average molecular weight is 332 g/mol. The van der Waals surface area contributed by atoms with E-state index in [2.05, 4.69) is 10.3 Å². The molecule has 2 atom stereocenters. The van der Waals surface area contributed by atoms with Crippen LogP contribution in [-0.2, 0) is 25.6 Å². The zero-order valence-corrected chi connectivity index (χ0v) is 14.1. The maximum Gasteiger partial charge on any atom is 0.287 e. The van der Waals surface area contributed by atoms with Crippen molar-refractivity contribution in [3.8, 4) is 0 Å². The maximum absolute atomic E-state index is 12.6. The van der Waals surface area contributed by atoms with Crippen molar-refractivity contribution in [2.45, 2.75) is 39.5 Å². The van der Waals surface area contributed by atoms with Crippen molar-refractivity contribution >= 4 is 23.3 Å². The minimum absolute atomic E-state index is 0.00867. The predicted octanol–water partition coefficient (Wildman–Crippen LogP) is 1.45. The summed E-state index contributed by atoms with van der Waals surface area (Å²) in [6.07, 6.45) is 4.53. The van der Waals surface area contributed by atoms with Crippen LogP contribution in [0.3, 0.4) is 0 Å². The van der Waals surface area contributed by atoms with Gasteiger partial charge in [0.05, 0.1) is 0 Å². The molecule has 1 aliphatic rings. The third-order valence-corrected chi connectivity index (χ3v) is 4.55. The molecule has 1 aliphatic heterocycles. The van der Waals surface area contributed by atoms with Crippen LogP contribution in [0.15, 0.2) is 18.5 Å². The van der Waals surface area contributed by atoms with Gasteiger partial charge in [-0.3, -0.25) is 19.2 Å². The molecule has 6 heteroatoms. The lowest BCUT2D eigenvalue weighted by Crippen LogP contribution is -2.43. The Kier molecular flexibility index (Phi) is 6.06. The second kappa shape index (κ2) is 8.04. The Morgan fingerprint density at radius 3 is 2.67 bits per heavy atom. The molecule has 2 rings (SSSR count). The molecule has 0 saturated carbocycles. The Morgan fingerprint density at radius 2 is 2.04 bits per heavy atom. The molecule has 130 valence electrons. The van der Waals surface area contributed by atoms with E-state index in [1.54, 1.807) is 12.4 Å². The van der Waals surface area contributed by atoms with Crippen molar-refractivity contribution in [3.63, 3.8) is 0 Å². The highest BCUT2D eigenvalue weighted by Crippen LogP contribution is 2.24. The molecule has 0 radical (unpaired) electrons. The number of amides is 1. The highest BCUT2D eigenvalue weighted by molar-refractivity contribution is 6.37. The summed E-state index contributed by atoms with van der Waals surface area (Å²) >= 11 is 0. The number of piperidine rings is 1. The SMILES string of the molecule is CC(C)C(CC(=O)Cc1cc[nH]c1)C(=O)CC1CCNC(=O)C1=O. The van der Waals surface area contributed by atoms with Gasteiger partial charge in [0.1, 0.15) is 11.6 Å². The summed E-state index contributed by atoms with van der Waals surface area (Å²) in [5, 5.41) is 2.49. The first-order valence-corrected chi connectivity index (χ1v) is 8.36. The summed E-state index contributed by atoms with van der Waals surface area (Å²) in [4.78, 5) is 51.0. The van der Waals surface area contributed by atoms with E-state index in [4.69, 9.17) is 0 Å². The third kappa shape index (κ3) is 4.63. The Balaban J connectivity index is 1.96. The Labute approximate surface area is 141 Å². The number of ketones is 3. The number of carbonyl (C=O) groups excluding carboxylic acids is 4. The zero-order valence-electron chi connectivity index (χ0n) is 14.1. The molecule has 1 saturated heterocycles. The standard InChI is InChI=1S/C18H24N2O4/c1-11(2)15(9-14(21)7-12-3-5-19-10-12)16(22)8-13-4-6-20-18(24)17(13)23/h3,5,10-11,13,15,19H,4,6-9H2,1-2H3,(H,20,24). The molecular formula is C18H24N2O4. The van der Waals surface area contributed by atoms with Gasteiger partial charge in [-0.25, -0.2) is 0 Å². The first-order chi connectivity index (χ1) is 11.4. The highest BCUT2D eigenvalue weighted by atomic mass is 16.2. The Hall–Kier alpha value is -2.24. The molecule has 1 aromatic rings. The summed E-state index contributed by atoms with van der Waals surface area (Å²) in [6, 6.07) is 1.84. The van der Waals surface area contributed by atoms with Gasteiger partial charge in [0.2, 0.25) is 5.78 Å². The van der Waals surface area contributed by atoms with Crippen molar-refractivity contribution in [2.24, 2.45) is 17.8 Å². The van der Waals surface area contributed by atoms with Gasteiger partial charge in [0, 0.05) is 50.0 Å². The number of nitrogens with one attached hydrogen (secondary N) is 2. The first kappa shape index (κ1) is 18.1. The van der Waals surface area contributed by atoms with Crippen LogP contribution in [-0.4, -0.2) is 34.8 Å². The Bertz CT molecular complexity index is 619. The second-order valence-corrected chi connectivity index (χ2v) is 6.77. The average Bonchev–Trinajstić information content (AvgIpc) is 3.02. The fraction of sp³-hybridized carbons (Fsp3) is 0.556. The monoisotopic (exact) mass is 332 g/mol. The van der Waals surface area contributed by atoms with Gasteiger partial charge in [-0.05, 0) is 24.0 Å². The minimum atomic E-state index is -0.608. The van der Waals surface area contributed by atoms with Crippen LogP contribution >= 0.6 is 0 Å². The van der Waals surface area contributed by atoms with Crippen LogP contribution in [0.1, 0.15) is 38.7 Å². The van der Waals surface area contributed by atoms with Gasteiger partial charge >= 0.3 is 0 Å². The van der Waals surface area contributed by atoms with Crippen LogP contribution < -0.4 is 5.32 Å². The topological polar surface area (TPSA) is 96.1 Å². The number of Topliss-reactive ketones (excluding diaryl/α,β-unsaturated/α-hetero) is 3. The number of rotatable bonds is 8. The number of aromatic amines is 1. The molecule has 6 nitrogen and oxygen atoms in total. The largest absolute Gasteiger partial charge is 0.367 e. The maximum atomic E-state index is 12.6. The van der Waals surface area contributed by atoms with Gasteiger partial charge in [-0.15, -0.1) is 0 Å². The number of carbonyl (C=O) groups is 4. The number of H-pyrrole nitrogens is 1. The van der Waals surface area contributed by atoms with E-state index in [0.29, 0.717) is 19.4 Å². The molecule has 0 aliphatic carbocycles. The molecule has 0 aromatic carbocycles. The highest BCUT2D eigenvalue weighted by Gasteiger charge is 2.34. The van der Waals surface area contributed by atoms with Crippen LogP contribution in [0, 0.1) is 17.8 Å². The van der Waals surface area contributed by atoms with E-state index in [9.17, 15) is 19.2 Å². The molecule has 2 heterocycles. The molecule has 1 aromatic heterocycles. The summed E-state index contributed by atoms with van der Waals surface area (Å²) in [5.41, 5.74) is 0.897. The predicted molar refractivity (Wildman–Crippen MR) is 88.2 cm³/mol. The van der Waals surface area contributed by atoms with Gasteiger partial charge in [0.15, 0.2) is 0 Å². The molecule has 1 amide bonds. The van der Waals surface area contributed by atoms with Crippen molar-refractivity contribution < 1.29 is 19.2 Å². The fourth-order valence-corrected chi connectivity index (χ4v) is 3.09. The summed E-state index contributed by atoms with van der Waals surface area (Å²) < 4.78 is 0. The van der Waals surface area contributed by atoms with Gasteiger partial charge in [0.25, 0.3) is 5.91 Å². The summed E-state index contributed by atoms with van der Waals surface area (Å²) in [6.45, 7) is 4.23. The lowest BCUT2D eigenvalue weighted by molar-refractivity contribution is -0.143. The van der Waals surface area contributed by atoms with E-state index in [1.807, 2.05) is 19.9 Å². The van der Waals surface area contributed by atoms with E-state index in [-0.39, 0.29) is 30.3 Å². The molecular weight excluding hydrogens is 308 g/mol. The fourth-order valence-electron chi connectivity index (χ4n) is 3.09. The minimum Gasteiger partial charge on any atom is -0.367 e. The number of hydrogen-bond donors (Lipinski definition) is 2. The number of aromatic nitrogens is 1. The van der Waals surface area contributed by atoms with Crippen LogP contribution in [0.2, 0.25) is 0 Å². The summed E-state index contributed by atoms with van der Waals surface area (Å²) in [5.74, 6) is -2.16. The van der Waals surface area contributed by atoms with Crippen LogP contribution in [0.25, 0.3) is 0 Å². The van der Waals surface area contributed by atoms with E-state index < -0.39 is 23.5 Å². The lowest BCUT2D eigenvalue weighted by atomic mass is 9.80. The van der Waals surface area contributed by atoms with Crippen LogP contribution in [0.4, 0.5) is 0 Å². The van der Waals surface area contributed by atoms with Crippen molar-refractivity contribution in [3.05, 3.63) is 24.0 Å². The van der Waals surface area contributed by atoms with Gasteiger partial charge in [-0.1, -0.05) is 13.8 Å². The lowest BCUT2D eigenvalue weighted by Gasteiger charge is -2.24. The summed E-state index contributed by atoms with van der Waals surface area (Å²) in [7, 11) is 0. The Morgan fingerprint density at radius 1 is 1.29 bits per heavy atom. The smallest absolute Gasteiger partial charge is 0.287 e. The first-order valence-electron chi connectivity index (χ1n) is 8.36. The van der Waals surface area contributed by atoms with Crippen molar-refractivity contribution in [2.75, 3.05) is 6.54 Å². The zero-order chi connectivity index (χ0) is 17.7. The van der Waals surface area contributed by atoms with Gasteiger partial charge < -0.3 is 10.3 Å². The van der Waals surface area contributed by atoms with E-state index in [0.717, 1.165) is 5.56 Å². The van der Waals surface area contributed by atoms with E-state index in [1.165, 1.54) is 0 Å². The molecule has 0 bridgehead atoms. The normalized spacial score (nSPS) is 19.2. The van der Waals surface area contributed by atoms with E-state index >= 15 is 0 Å².